The molecule has 1 N–H and O–H groups in total. The summed E-state index contributed by atoms with van der Waals surface area (Å²) >= 11 is 11.9. The summed E-state index contributed by atoms with van der Waals surface area (Å²) in [6.07, 6.45) is 1.65. The Kier molecular flexibility index (Phi) is 6.39. The van der Waals surface area contributed by atoms with Crippen LogP contribution in [0.2, 0.25) is 10.0 Å². The molecule has 2 aromatic carbocycles. The van der Waals surface area contributed by atoms with Crippen molar-refractivity contribution in [2.24, 2.45) is 5.10 Å². The zero-order valence-electron chi connectivity index (χ0n) is 17.8. The molecular formula is C24H25Cl2N3O. The monoisotopic (exact) mass is 441 g/mol. The number of benzene rings is 2. The van der Waals surface area contributed by atoms with Gasteiger partial charge in [-0.05, 0) is 61.2 Å². The van der Waals surface area contributed by atoms with Crippen LogP contribution in [0.15, 0.2) is 53.6 Å². The van der Waals surface area contributed by atoms with Crippen LogP contribution >= 0.6 is 23.2 Å². The first-order chi connectivity index (χ1) is 14.1. The number of nitrogens with zero attached hydrogens (tertiary/aromatic N) is 2. The highest BCUT2D eigenvalue weighted by molar-refractivity contribution is 6.42. The van der Waals surface area contributed by atoms with Crippen molar-refractivity contribution in [2.45, 2.75) is 40.0 Å². The van der Waals surface area contributed by atoms with Gasteiger partial charge in [0.25, 0.3) is 5.91 Å². The lowest BCUT2D eigenvalue weighted by atomic mass is 9.87. The van der Waals surface area contributed by atoms with Crippen molar-refractivity contribution in [1.29, 1.82) is 0 Å². The molecule has 1 aromatic heterocycles. The number of amides is 1. The Balaban J connectivity index is 1.78. The van der Waals surface area contributed by atoms with Gasteiger partial charge in [-0.1, -0.05) is 56.1 Å². The lowest BCUT2D eigenvalue weighted by Gasteiger charge is -2.20. The van der Waals surface area contributed by atoms with E-state index >= 15 is 0 Å². The fourth-order valence-electron chi connectivity index (χ4n) is 3.29. The number of carbonyl (C=O) groups excluding carboxylic acids is 1. The minimum atomic E-state index is -0.351. The van der Waals surface area contributed by atoms with E-state index in [-0.39, 0.29) is 11.3 Å². The number of halogens is 2. The first-order valence-corrected chi connectivity index (χ1v) is 10.4. The van der Waals surface area contributed by atoms with E-state index in [1.165, 1.54) is 11.6 Å². The zero-order valence-corrected chi connectivity index (χ0v) is 19.3. The first kappa shape index (κ1) is 22.1. The van der Waals surface area contributed by atoms with Crippen LogP contribution in [-0.4, -0.2) is 16.7 Å². The third-order valence-corrected chi connectivity index (χ3v) is 5.75. The lowest BCUT2D eigenvalue weighted by Crippen LogP contribution is -2.17. The highest BCUT2D eigenvalue weighted by atomic mass is 35.5. The number of hydrogen-bond acceptors (Lipinski definition) is 2. The molecule has 156 valence electrons. The Labute approximate surface area is 187 Å². The van der Waals surface area contributed by atoms with Crippen LogP contribution < -0.4 is 5.43 Å². The van der Waals surface area contributed by atoms with Gasteiger partial charge in [-0.15, -0.1) is 0 Å². The summed E-state index contributed by atoms with van der Waals surface area (Å²) in [5, 5.41) is 4.84. The Bertz CT molecular complexity index is 1110. The standard InChI is InChI=1S/C24H25Cl2N3O/c1-15-12-18(14-27-28-23(30)17-6-11-21(25)22(26)13-17)16(2)29(15)20-9-7-19(8-10-20)24(3,4)5/h6-14H,1-5H3,(H,28,30)/b27-14-. The number of rotatable bonds is 4. The average Bonchev–Trinajstić information content (AvgIpc) is 2.96. The van der Waals surface area contributed by atoms with Crippen LogP contribution in [0.1, 0.15) is 53.6 Å². The molecule has 0 saturated heterocycles. The van der Waals surface area contributed by atoms with E-state index in [1.807, 2.05) is 13.0 Å². The minimum absolute atomic E-state index is 0.115. The molecule has 0 spiro atoms. The van der Waals surface area contributed by atoms with Crippen molar-refractivity contribution in [1.82, 2.24) is 9.99 Å². The van der Waals surface area contributed by atoms with Crippen molar-refractivity contribution in [3.05, 3.63) is 86.7 Å². The van der Waals surface area contributed by atoms with E-state index < -0.39 is 0 Å². The molecule has 30 heavy (non-hydrogen) atoms. The third kappa shape index (κ3) is 4.77. The van der Waals surface area contributed by atoms with Gasteiger partial charge in [-0.2, -0.15) is 5.10 Å². The minimum Gasteiger partial charge on any atom is -0.318 e. The molecule has 6 heteroatoms. The van der Waals surface area contributed by atoms with Gasteiger partial charge in [0.05, 0.1) is 16.3 Å². The van der Waals surface area contributed by atoms with Gasteiger partial charge in [0.1, 0.15) is 0 Å². The van der Waals surface area contributed by atoms with Crippen LogP contribution in [0.5, 0.6) is 0 Å². The lowest BCUT2D eigenvalue weighted by molar-refractivity contribution is 0.0955. The maximum atomic E-state index is 12.3. The van der Waals surface area contributed by atoms with Gasteiger partial charge < -0.3 is 4.57 Å². The molecule has 0 saturated carbocycles. The SMILES string of the molecule is Cc1cc(/C=N\NC(=O)c2ccc(Cl)c(Cl)c2)c(C)n1-c1ccc(C(C)(C)C)cc1. The molecular weight excluding hydrogens is 417 g/mol. The maximum absolute atomic E-state index is 12.3. The van der Waals surface area contributed by atoms with Crippen molar-refractivity contribution >= 4 is 35.3 Å². The Morgan fingerprint density at radius 1 is 1.00 bits per heavy atom. The summed E-state index contributed by atoms with van der Waals surface area (Å²) < 4.78 is 2.18. The number of nitrogens with one attached hydrogen (secondary N) is 1. The number of aryl methyl sites for hydroxylation is 1. The predicted molar refractivity (Wildman–Crippen MR) is 125 cm³/mol. The summed E-state index contributed by atoms with van der Waals surface area (Å²) in [7, 11) is 0. The summed E-state index contributed by atoms with van der Waals surface area (Å²) in [5.41, 5.74) is 8.50. The largest absolute Gasteiger partial charge is 0.318 e. The molecule has 0 aliphatic carbocycles. The molecule has 0 fully saturated rings. The van der Waals surface area contributed by atoms with E-state index in [0.29, 0.717) is 15.6 Å². The number of hydrogen-bond donors (Lipinski definition) is 1. The molecule has 3 aromatic rings. The molecule has 0 bridgehead atoms. The maximum Gasteiger partial charge on any atom is 0.271 e. The topological polar surface area (TPSA) is 46.4 Å². The van der Waals surface area contributed by atoms with E-state index in [0.717, 1.165) is 22.6 Å². The van der Waals surface area contributed by atoms with E-state index in [4.69, 9.17) is 23.2 Å². The van der Waals surface area contributed by atoms with Crippen LogP contribution in [0.25, 0.3) is 5.69 Å². The first-order valence-electron chi connectivity index (χ1n) is 9.66. The molecule has 1 heterocycles. The molecule has 0 aliphatic rings. The molecule has 0 unspecified atom stereocenters. The van der Waals surface area contributed by atoms with Crippen molar-refractivity contribution in [3.63, 3.8) is 0 Å². The Morgan fingerprint density at radius 3 is 2.27 bits per heavy atom. The van der Waals surface area contributed by atoms with Crippen LogP contribution in [-0.2, 0) is 5.41 Å². The predicted octanol–water partition coefficient (Wildman–Crippen LogP) is 6.46. The molecule has 0 atom stereocenters. The Hall–Kier alpha value is -2.56. The number of carbonyl (C=O) groups is 1. The van der Waals surface area contributed by atoms with Gasteiger partial charge in [-0.25, -0.2) is 5.43 Å². The normalized spacial score (nSPS) is 11.8. The quantitative estimate of drug-likeness (QED) is 0.366. The zero-order chi connectivity index (χ0) is 22.1. The summed E-state index contributed by atoms with van der Waals surface area (Å²) in [6, 6.07) is 15.3. The van der Waals surface area contributed by atoms with E-state index in [9.17, 15) is 4.79 Å². The van der Waals surface area contributed by atoms with Gasteiger partial charge in [0, 0.05) is 28.2 Å². The number of aromatic nitrogens is 1. The highest BCUT2D eigenvalue weighted by Crippen LogP contribution is 2.26. The van der Waals surface area contributed by atoms with Crippen LogP contribution in [0.4, 0.5) is 0 Å². The van der Waals surface area contributed by atoms with Gasteiger partial charge >= 0.3 is 0 Å². The van der Waals surface area contributed by atoms with Crippen molar-refractivity contribution in [3.8, 4) is 5.69 Å². The summed E-state index contributed by atoms with van der Waals surface area (Å²) in [5.74, 6) is -0.351. The van der Waals surface area contributed by atoms with E-state index in [1.54, 1.807) is 18.3 Å². The fourth-order valence-corrected chi connectivity index (χ4v) is 3.59. The van der Waals surface area contributed by atoms with Gasteiger partial charge in [-0.3, -0.25) is 4.79 Å². The molecule has 0 aliphatic heterocycles. The molecule has 3 rings (SSSR count). The highest BCUT2D eigenvalue weighted by Gasteiger charge is 2.15. The average molecular weight is 442 g/mol. The van der Waals surface area contributed by atoms with E-state index in [2.05, 4.69) is 67.1 Å². The second kappa shape index (κ2) is 8.66. The van der Waals surface area contributed by atoms with Gasteiger partial charge in [0.15, 0.2) is 0 Å². The second-order valence-corrected chi connectivity index (χ2v) is 9.10. The smallest absolute Gasteiger partial charge is 0.271 e. The second-order valence-electron chi connectivity index (χ2n) is 8.29. The van der Waals surface area contributed by atoms with Crippen LogP contribution in [0, 0.1) is 13.8 Å². The molecule has 0 radical (unpaired) electrons. The molecule has 4 nitrogen and oxygen atoms in total. The van der Waals surface area contributed by atoms with Crippen molar-refractivity contribution < 1.29 is 4.79 Å². The third-order valence-electron chi connectivity index (χ3n) is 5.01. The summed E-state index contributed by atoms with van der Waals surface area (Å²) in [4.78, 5) is 12.3. The van der Waals surface area contributed by atoms with Gasteiger partial charge in [0.2, 0.25) is 0 Å². The van der Waals surface area contributed by atoms with Crippen molar-refractivity contribution in [2.75, 3.05) is 0 Å². The number of hydrazone groups is 1. The van der Waals surface area contributed by atoms with Crippen LogP contribution in [0.3, 0.4) is 0 Å². The molecule has 1 amide bonds. The fraction of sp³-hybridized carbons (Fsp3) is 0.250. The Morgan fingerprint density at radius 2 is 1.67 bits per heavy atom. The summed E-state index contributed by atoms with van der Waals surface area (Å²) in [6.45, 7) is 10.7.